The highest BCUT2D eigenvalue weighted by Gasteiger charge is 2.61. The van der Waals surface area contributed by atoms with E-state index in [2.05, 4.69) is 54.9 Å². The first-order chi connectivity index (χ1) is 14.2. The molecule has 0 radical (unpaired) electrons. The summed E-state index contributed by atoms with van der Waals surface area (Å²) in [4.78, 5) is 5.71. The van der Waals surface area contributed by atoms with E-state index in [1.165, 1.54) is 63.3 Å². The Hall–Kier alpha value is -1.32. The molecule has 0 N–H and O–H groups in total. The number of likely N-dealkylation sites (tertiary alicyclic amines) is 1. The summed E-state index contributed by atoms with van der Waals surface area (Å²) in [5.41, 5.74) is 3.12. The fourth-order valence-corrected chi connectivity index (χ4v) is 6.88. The Morgan fingerprint density at radius 1 is 1.21 bits per heavy atom. The third-order valence-electron chi connectivity index (χ3n) is 8.11. The van der Waals surface area contributed by atoms with Gasteiger partial charge in [-0.15, -0.1) is 0 Å². The van der Waals surface area contributed by atoms with Crippen molar-refractivity contribution in [2.45, 2.75) is 89.8 Å². The zero-order valence-electron chi connectivity index (χ0n) is 18.6. The predicted molar refractivity (Wildman–Crippen MR) is 119 cm³/mol. The van der Waals surface area contributed by atoms with Gasteiger partial charge in [0.2, 0.25) is 0 Å². The Bertz CT molecular complexity index is 791. The molecule has 29 heavy (non-hydrogen) atoms. The van der Waals surface area contributed by atoms with Gasteiger partial charge in [-0.1, -0.05) is 30.7 Å². The molecular formula is C26H38N2O. The number of piperidine rings is 1. The Morgan fingerprint density at radius 3 is 2.90 bits per heavy atom. The fraction of sp³-hybridized carbons (Fsp3) is 0.692. The van der Waals surface area contributed by atoms with Crippen molar-refractivity contribution in [3.8, 4) is 0 Å². The number of hydrogen-bond acceptors (Lipinski definition) is 3. The molecule has 1 aliphatic carbocycles. The number of rotatable bonds is 3. The third kappa shape index (κ3) is 3.16. The first-order valence-electron chi connectivity index (χ1n) is 12.1. The minimum absolute atomic E-state index is 0.483. The Morgan fingerprint density at radius 2 is 2.07 bits per heavy atom. The maximum absolute atomic E-state index is 6.64. The average molecular weight is 395 g/mol. The fourth-order valence-electron chi connectivity index (χ4n) is 6.88. The van der Waals surface area contributed by atoms with Crippen molar-refractivity contribution in [2.24, 2.45) is 5.92 Å². The van der Waals surface area contributed by atoms with E-state index in [4.69, 9.17) is 4.42 Å². The van der Waals surface area contributed by atoms with Gasteiger partial charge in [-0.3, -0.25) is 9.80 Å². The lowest BCUT2D eigenvalue weighted by Crippen LogP contribution is -2.52. The summed E-state index contributed by atoms with van der Waals surface area (Å²) in [5, 5.41) is 0. The van der Waals surface area contributed by atoms with Crippen molar-refractivity contribution in [1.82, 2.24) is 9.80 Å². The number of allylic oxidation sites excluding steroid dienone is 3. The SMILES string of the molecule is CC=C(C)C1C2C3C4CCN2CCCCC=CCCc2cc4c(o2)C3N1CCC. The number of fused-ring (bicyclic) bond motifs is 1. The maximum Gasteiger partial charge on any atom is 0.125 e. The molecule has 0 saturated carbocycles. The summed E-state index contributed by atoms with van der Waals surface area (Å²) in [5.74, 6) is 3.96. The molecule has 0 spiro atoms. The maximum atomic E-state index is 6.64. The van der Waals surface area contributed by atoms with Gasteiger partial charge in [0.15, 0.2) is 0 Å². The number of nitrogens with zero attached hydrogens (tertiary/aromatic N) is 2. The molecule has 1 aromatic heterocycles. The van der Waals surface area contributed by atoms with E-state index in [1.54, 1.807) is 11.1 Å². The summed E-state index contributed by atoms with van der Waals surface area (Å²) in [7, 11) is 0. The molecule has 7 rings (SSSR count). The van der Waals surface area contributed by atoms with Crippen molar-refractivity contribution in [3.05, 3.63) is 47.0 Å². The van der Waals surface area contributed by atoms with Crippen LogP contribution >= 0.6 is 0 Å². The van der Waals surface area contributed by atoms with Crippen LogP contribution in [0.2, 0.25) is 0 Å². The summed E-state index contributed by atoms with van der Waals surface area (Å²) in [6.45, 7) is 10.6. The minimum atomic E-state index is 0.483. The highest BCUT2D eigenvalue weighted by Crippen LogP contribution is 2.61. The zero-order valence-corrected chi connectivity index (χ0v) is 18.6. The van der Waals surface area contributed by atoms with E-state index in [1.807, 2.05) is 0 Å². The van der Waals surface area contributed by atoms with E-state index < -0.39 is 0 Å². The van der Waals surface area contributed by atoms with Crippen molar-refractivity contribution in [2.75, 3.05) is 19.6 Å². The lowest BCUT2D eigenvalue weighted by Gasteiger charge is -2.43. The molecule has 2 fully saturated rings. The monoisotopic (exact) mass is 394 g/mol. The second-order valence-electron chi connectivity index (χ2n) is 9.70. The van der Waals surface area contributed by atoms with Gasteiger partial charge in [0.25, 0.3) is 0 Å². The highest BCUT2D eigenvalue weighted by atomic mass is 16.3. The summed E-state index contributed by atoms with van der Waals surface area (Å²) in [6, 6.07) is 4.12. The quantitative estimate of drug-likeness (QED) is 0.600. The van der Waals surface area contributed by atoms with E-state index >= 15 is 0 Å². The van der Waals surface area contributed by atoms with Gasteiger partial charge in [-0.25, -0.2) is 0 Å². The topological polar surface area (TPSA) is 19.6 Å². The highest BCUT2D eigenvalue weighted by molar-refractivity contribution is 5.41. The van der Waals surface area contributed by atoms with Crippen LogP contribution in [0.15, 0.2) is 34.3 Å². The van der Waals surface area contributed by atoms with Crippen LogP contribution < -0.4 is 0 Å². The molecule has 0 amide bonds. The largest absolute Gasteiger partial charge is 0.464 e. The smallest absolute Gasteiger partial charge is 0.125 e. The number of aryl methyl sites for hydroxylation is 1. The minimum Gasteiger partial charge on any atom is -0.464 e. The lowest BCUT2D eigenvalue weighted by atomic mass is 9.77. The van der Waals surface area contributed by atoms with Gasteiger partial charge in [-0.2, -0.15) is 0 Å². The molecule has 6 heterocycles. The van der Waals surface area contributed by atoms with E-state index in [-0.39, 0.29) is 0 Å². The number of furan rings is 1. The van der Waals surface area contributed by atoms with E-state index in [9.17, 15) is 0 Å². The van der Waals surface area contributed by atoms with Gasteiger partial charge < -0.3 is 4.42 Å². The number of hydrogen-bond donors (Lipinski definition) is 0. The van der Waals surface area contributed by atoms with Crippen molar-refractivity contribution in [3.63, 3.8) is 0 Å². The molecule has 5 aliphatic heterocycles. The average Bonchev–Trinajstić information content (AvgIpc) is 3.35. The second kappa shape index (κ2) is 8.07. The third-order valence-corrected chi connectivity index (χ3v) is 8.11. The summed E-state index contributed by atoms with van der Waals surface area (Å²) >= 11 is 0. The van der Waals surface area contributed by atoms with Crippen LogP contribution in [0.5, 0.6) is 0 Å². The first kappa shape index (κ1) is 19.6. The van der Waals surface area contributed by atoms with Crippen LogP contribution in [0.25, 0.3) is 0 Å². The molecule has 1 aromatic rings. The van der Waals surface area contributed by atoms with E-state index in [0.717, 1.165) is 12.8 Å². The van der Waals surface area contributed by atoms with Crippen LogP contribution in [-0.4, -0.2) is 41.5 Å². The molecule has 6 aliphatic rings. The Kier molecular flexibility index (Phi) is 5.47. The molecular weight excluding hydrogens is 356 g/mol. The molecule has 6 unspecified atom stereocenters. The Labute approximate surface area is 176 Å². The molecule has 0 aromatic carbocycles. The Balaban J connectivity index is 1.61. The van der Waals surface area contributed by atoms with Crippen LogP contribution in [0.1, 0.15) is 88.3 Å². The molecule has 158 valence electrons. The second-order valence-corrected chi connectivity index (χ2v) is 9.70. The lowest BCUT2D eigenvalue weighted by molar-refractivity contribution is 0.0887. The standard InChI is InChI=1S/C26H38N2O/c1-4-14-28-23(18(3)5-2)24-22-20-13-16-27(24)15-11-9-7-6-8-10-12-19-17-21(20)26(29-19)25(22)28/h5-6,8,17,20,22-25H,4,7,9-16H2,1-3H3. The molecule has 3 heteroatoms. The van der Waals surface area contributed by atoms with Gasteiger partial charge in [-0.05, 0) is 89.6 Å². The molecule has 3 nitrogen and oxygen atoms in total. The van der Waals surface area contributed by atoms with Gasteiger partial charge in [0.05, 0.1) is 6.04 Å². The zero-order chi connectivity index (χ0) is 20.0. The molecule has 2 saturated heterocycles. The van der Waals surface area contributed by atoms with E-state index in [0.29, 0.717) is 30.0 Å². The predicted octanol–water partition coefficient (Wildman–Crippen LogP) is 5.84. The van der Waals surface area contributed by atoms with Crippen LogP contribution in [0, 0.1) is 5.92 Å². The molecule has 8 bridgehead atoms. The van der Waals surface area contributed by atoms with Gasteiger partial charge in [0.1, 0.15) is 11.5 Å². The van der Waals surface area contributed by atoms with Crippen molar-refractivity contribution >= 4 is 0 Å². The van der Waals surface area contributed by atoms with Crippen molar-refractivity contribution in [1.29, 1.82) is 0 Å². The van der Waals surface area contributed by atoms with Crippen LogP contribution in [-0.2, 0) is 6.42 Å². The van der Waals surface area contributed by atoms with Crippen molar-refractivity contribution < 1.29 is 4.42 Å². The van der Waals surface area contributed by atoms with Crippen LogP contribution in [0.3, 0.4) is 0 Å². The van der Waals surface area contributed by atoms with Gasteiger partial charge >= 0.3 is 0 Å². The molecule has 6 atom stereocenters. The normalized spacial score (nSPS) is 37.3. The summed E-state index contributed by atoms with van der Waals surface area (Å²) in [6.07, 6.45) is 15.7. The first-order valence-corrected chi connectivity index (χ1v) is 12.1. The summed E-state index contributed by atoms with van der Waals surface area (Å²) < 4.78 is 6.64. The van der Waals surface area contributed by atoms with Crippen LogP contribution in [0.4, 0.5) is 0 Å². The van der Waals surface area contributed by atoms with Gasteiger partial charge in [0, 0.05) is 24.4 Å².